The highest BCUT2D eigenvalue weighted by Crippen LogP contribution is 2.37. The van der Waals surface area contributed by atoms with E-state index in [0.29, 0.717) is 32.1 Å². The molecule has 1 aliphatic carbocycles. The Hall–Kier alpha value is -5.02. The van der Waals surface area contributed by atoms with E-state index in [-0.39, 0.29) is 17.0 Å². The van der Waals surface area contributed by atoms with Gasteiger partial charge in [0.15, 0.2) is 12.4 Å². The largest absolute Gasteiger partial charge is 0.495 e. The van der Waals surface area contributed by atoms with Crippen molar-refractivity contribution in [2.45, 2.75) is 13.3 Å². The Morgan fingerprint density at radius 2 is 1.73 bits per heavy atom. The fraction of sp³-hybridized carbons (Fsp3) is 0.125. The minimum atomic E-state index is -0.705. The van der Waals surface area contributed by atoms with Crippen LogP contribution >= 0.6 is 11.3 Å². The van der Waals surface area contributed by atoms with Crippen LogP contribution < -0.4 is 15.8 Å². The van der Waals surface area contributed by atoms with Gasteiger partial charge in [0.1, 0.15) is 15.5 Å². The van der Waals surface area contributed by atoms with Crippen LogP contribution in [0.3, 0.4) is 0 Å². The molecular weight excluding hydrogens is 538 g/mol. The molecule has 9 heteroatoms. The molecule has 3 aromatic carbocycles. The zero-order valence-electron chi connectivity index (χ0n) is 22.3. The topological polar surface area (TPSA) is 121 Å². The number of hydrogen-bond acceptors (Lipinski definition) is 8. The Labute approximate surface area is 239 Å². The van der Waals surface area contributed by atoms with Gasteiger partial charge in [-0.25, -0.2) is 9.78 Å². The maximum absolute atomic E-state index is 13.1. The average molecular weight is 564 g/mol. The number of nitrogens with two attached hydrogens (primary N) is 1. The molecule has 0 spiro atoms. The molecular formula is C32H25N3O5S. The molecule has 6 rings (SSSR count). The molecule has 41 heavy (non-hydrogen) atoms. The maximum Gasteiger partial charge on any atom is 0.338 e. The van der Waals surface area contributed by atoms with Crippen LogP contribution in [0.15, 0.2) is 72.8 Å². The van der Waals surface area contributed by atoms with E-state index in [2.05, 4.69) is 16.4 Å². The van der Waals surface area contributed by atoms with Crippen molar-refractivity contribution in [3.63, 3.8) is 0 Å². The number of nitrogen functional groups attached to an aromatic ring is 1. The molecule has 0 saturated heterocycles. The predicted octanol–water partition coefficient (Wildman–Crippen LogP) is 6.06. The first-order valence-corrected chi connectivity index (χ1v) is 13.7. The summed E-state index contributed by atoms with van der Waals surface area (Å²) >= 11 is 1.18. The molecule has 1 aliphatic rings. The van der Waals surface area contributed by atoms with Crippen LogP contribution in [0, 0.1) is 6.92 Å². The number of carbonyl (C=O) groups is 3. The van der Waals surface area contributed by atoms with E-state index in [9.17, 15) is 14.4 Å². The van der Waals surface area contributed by atoms with E-state index in [4.69, 9.17) is 15.2 Å². The SMILES string of the molecule is COc1ccc(C(=O)OCC(=O)c2ccc3c(c2)-c2ccccc2C3)cc1NC(=O)c1sc2nc(C)ccc2c1N. The molecule has 0 atom stereocenters. The minimum Gasteiger partial charge on any atom is -0.495 e. The molecule has 3 N–H and O–H groups in total. The number of Topliss-reactive ketones (excluding diaryl/α,β-unsaturated/α-hetero) is 1. The van der Waals surface area contributed by atoms with Gasteiger partial charge in [-0.1, -0.05) is 36.4 Å². The second-order valence-electron chi connectivity index (χ2n) is 9.72. The van der Waals surface area contributed by atoms with E-state index in [1.54, 1.807) is 12.1 Å². The molecule has 0 radical (unpaired) electrons. The Kier molecular flexibility index (Phi) is 6.72. The van der Waals surface area contributed by atoms with Crippen molar-refractivity contribution in [1.82, 2.24) is 4.98 Å². The van der Waals surface area contributed by atoms with E-state index in [0.717, 1.165) is 28.8 Å². The van der Waals surface area contributed by atoms with Crippen molar-refractivity contribution in [1.29, 1.82) is 0 Å². The normalized spacial score (nSPS) is 11.6. The first kappa shape index (κ1) is 26.2. The third-order valence-corrected chi connectivity index (χ3v) is 8.19. The number of anilines is 2. The van der Waals surface area contributed by atoms with E-state index >= 15 is 0 Å². The van der Waals surface area contributed by atoms with Crippen molar-refractivity contribution in [2.24, 2.45) is 0 Å². The molecule has 2 aromatic heterocycles. The summed E-state index contributed by atoms with van der Waals surface area (Å²) in [5.41, 5.74) is 12.8. The third kappa shape index (κ3) is 4.92. The highest BCUT2D eigenvalue weighted by Gasteiger charge is 2.22. The average Bonchev–Trinajstić information content (AvgIpc) is 3.52. The Morgan fingerprint density at radius 3 is 2.56 bits per heavy atom. The summed E-state index contributed by atoms with van der Waals surface area (Å²) in [6.45, 7) is 1.45. The molecule has 0 bridgehead atoms. The minimum absolute atomic E-state index is 0.151. The van der Waals surface area contributed by atoms with Gasteiger partial charge < -0.3 is 20.5 Å². The van der Waals surface area contributed by atoms with Gasteiger partial charge in [-0.2, -0.15) is 0 Å². The van der Waals surface area contributed by atoms with Crippen molar-refractivity contribution >= 4 is 50.6 Å². The molecule has 204 valence electrons. The van der Waals surface area contributed by atoms with E-state index < -0.39 is 18.5 Å². The second-order valence-corrected chi connectivity index (χ2v) is 10.7. The van der Waals surface area contributed by atoms with Gasteiger partial charge >= 0.3 is 5.97 Å². The number of aromatic nitrogens is 1. The molecule has 0 aliphatic heterocycles. The molecule has 0 unspecified atom stereocenters. The van der Waals surface area contributed by atoms with E-state index in [1.165, 1.54) is 36.1 Å². The Bertz CT molecular complexity index is 1880. The van der Waals surface area contributed by atoms with Crippen molar-refractivity contribution in [3.05, 3.63) is 106 Å². The van der Waals surface area contributed by atoms with Gasteiger partial charge in [0.25, 0.3) is 5.91 Å². The number of ketones is 1. The Morgan fingerprint density at radius 1 is 0.951 bits per heavy atom. The molecule has 0 saturated carbocycles. The van der Waals surface area contributed by atoms with Crippen molar-refractivity contribution in [2.75, 3.05) is 24.8 Å². The summed E-state index contributed by atoms with van der Waals surface area (Å²) in [5.74, 6) is -1.13. The summed E-state index contributed by atoms with van der Waals surface area (Å²) in [5, 5.41) is 3.48. The number of nitrogens with one attached hydrogen (secondary N) is 1. The highest BCUT2D eigenvalue weighted by molar-refractivity contribution is 7.21. The van der Waals surface area contributed by atoms with Crippen LogP contribution in [0.5, 0.6) is 5.75 Å². The zero-order valence-corrected chi connectivity index (χ0v) is 23.1. The lowest BCUT2D eigenvalue weighted by molar-refractivity contribution is 0.0474. The fourth-order valence-electron chi connectivity index (χ4n) is 4.96. The lowest BCUT2D eigenvalue weighted by atomic mass is 10.0. The summed E-state index contributed by atoms with van der Waals surface area (Å²) in [6, 6.07) is 21.8. The monoisotopic (exact) mass is 563 g/mol. The van der Waals surface area contributed by atoms with Gasteiger partial charge in [-0.05, 0) is 72.0 Å². The molecule has 8 nitrogen and oxygen atoms in total. The van der Waals surface area contributed by atoms with Gasteiger partial charge in [0.2, 0.25) is 0 Å². The number of carbonyl (C=O) groups excluding carboxylic acids is 3. The number of esters is 1. The third-order valence-electron chi connectivity index (χ3n) is 7.08. The summed E-state index contributed by atoms with van der Waals surface area (Å²) < 4.78 is 10.7. The number of pyridine rings is 1. The van der Waals surface area contributed by atoms with Gasteiger partial charge in [0.05, 0.1) is 24.0 Å². The highest BCUT2D eigenvalue weighted by atomic mass is 32.1. The van der Waals surface area contributed by atoms with E-state index in [1.807, 2.05) is 49.4 Å². The number of nitrogens with zero attached hydrogens (tertiary/aromatic N) is 1. The quantitative estimate of drug-likeness (QED) is 0.179. The number of amides is 1. The molecule has 1 amide bonds. The standard InChI is InChI=1S/C32H25N3O5S/c1-17-7-11-23-28(33)29(41-31(23)34-17)30(37)35-25-15-21(10-12-27(25)39-2)32(38)40-16-26(36)20-9-8-19-13-18-5-3-4-6-22(18)24(19)14-20/h3-12,14-15H,13,16,33H2,1-2H3,(H,35,37). The van der Waals surface area contributed by atoms with Gasteiger partial charge in [0, 0.05) is 16.6 Å². The van der Waals surface area contributed by atoms with Crippen LogP contribution in [-0.4, -0.2) is 36.4 Å². The zero-order chi connectivity index (χ0) is 28.7. The molecule has 0 fully saturated rings. The van der Waals surface area contributed by atoms with Gasteiger partial charge in [-0.3, -0.25) is 9.59 Å². The lowest BCUT2D eigenvalue weighted by Gasteiger charge is -2.12. The summed E-state index contributed by atoms with van der Waals surface area (Å²) in [6.07, 6.45) is 0.831. The number of rotatable bonds is 7. The Balaban J connectivity index is 1.16. The predicted molar refractivity (Wildman–Crippen MR) is 159 cm³/mol. The summed E-state index contributed by atoms with van der Waals surface area (Å²) in [4.78, 5) is 44.4. The van der Waals surface area contributed by atoms with Crippen LogP contribution in [-0.2, 0) is 11.2 Å². The van der Waals surface area contributed by atoms with Crippen molar-refractivity contribution < 1.29 is 23.9 Å². The number of aryl methyl sites for hydroxylation is 1. The fourth-order valence-corrected chi connectivity index (χ4v) is 6.00. The smallest absolute Gasteiger partial charge is 0.338 e. The first-order valence-electron chi connectivity index (χ1n) is 12.9. The lowest BCUT2D eigenvalue weighted by Crippen LogP contribution is -2.16. The number of ether oxygens (including phenoxy) is 2. The van der Waals surface area contributed by atoms with Crippen LogP contribution in [0.2, 0.25) is 0 Å². The molecule has 5 aromatic rings. The number of hydrogen-bond donors (Lipinski definition) is 2. The number of thiophene rings is 1. The number of benzene rings is 3. The molecule has 2 heterocycles. The van der Waals surface area contributed by atoms with Crippen LogP contribution in [0.25, 0.3) is 21.3 Å². The van der Waals surface area contributed by atoms with Gasteiger partial charge in [-0.15, -0.1) is 11.3 Å². The van der Waals surface area contributed by atoms with Crippen molar-refractivity contribution in [3.8, 4) is 16.9 Å². The number of fused-ring (bicyclic) bond motifs is 4. The number of methoxy groups -OCH3 is 1. The second kappa shape index (κ2) is 10.5. The maximum atomic E-state index is 13.1. The van der Waals surface area contributed by atoms with Crippen LogP contribution in [0.1, 0.15) is 47.2 Å². The summed E-state index contributed by atoms with van der Waals surface area (Å²) in [7, 11) is 1.46. The van der Waals surface area contributed by atoms with Crippen LogP contribution in [0.4, 0.5) is 11.4 Å². The first-order chi connectivity index (χ1) is 19.8.